The molecule has 2 aromatic rings. The van der Waals surface area contributed by atoms with E-state index in [0.717, 1.165) is 12.1 Å². The molecule has 1 aliphatic rings. The van der Waals surface area contributed by atoms with Crippen molar-refractivity contribution in [3.05, 3.63) is 58.6 Å². The molecule has 0 amide bonds. The van der Waals surface area contributed by atoms with Gasteiger partial charge in [-0.2, -0.15) is 12.6 Å². The van der Waals surface area contributed by atoms with Gasteiger partial charge in [0, 0.05) is 10.9 Å². The Bertz CT molecular complexity index is 870. The van der Waals surface area contributed by atoms with E-state index in [1.54, 1.807) is 0 Å². The van der Waals surface area contributed by atoms with E-state index in [4.69, 9.17) is 16.3 Å². The molecule has 0 bridgehead atoms. The summed E-state index contributed by atoms with van der Waals surface area (Å²) in [6.45, 7) is -0.0612. The number of sulfone groups is 1. The molecule has 2 aromatic carbocycles. The molecule has 0 N–H and O–H groups in total. The first-order valence-corrected chi connectivity index (χ1v) is 9.63. The quantitative estimate of drug-likeness (QED) is 0.803. The summed E-state index contributed by atoms with van der Waals surface area (Å²) in [5.41, 5.74) is -0.282. The first kappa shape index (κ1) is 17.5. The molecule has 128 valence electrons. The fourth-order valence-corrected chi connectivity index (χ4v) is 5.41. The van der Waals surface area contributed by atoms with Gasteiger partial charge in [-0.25, -0.2) is 17.2 Å². The number of fused-ring (bicyclic) bond motifs is 1. The van der Waals surface area contributed by atoms with Crippen molar-refractivity contribution >= 4 is 34.1 Å². The third-order valence-corrected chi connectivity index (χ3v) is 6.90. The Morgan fingerprint density at radius 2 is 1.75 bits per heavy atom. The second-order valence-corrected chi connectivity index (χ2v) is 8.32. The van der Waals surface area contributed by atoms with Crippen LogP contribution in [-0.4, -0.2) is 20.8 Å². The molecule has 0 saturated carbocycles. The van der Waals surface area contributed by atoms with E-state index in [-0.39, 0.29) is 28.6 Å². The Labute approximate surface area is 148 Å². The lowest BCUT2D eigenvalue weighted by Gasteiger charge is -2.32. The van der Waals surface area contributed by atoms with Gasteiger partial charge in [0.15, 0.2) is 21.4 Å². The lowest BCUT2D eigenvalue weighted by atomic mass is 9.96. The highest BCUT2D eigenvalue weighted by molar-refractivity contribution is 7.91. The first-order chi connectivity index (χ1) is 11.4. The molecule has 0 aromatic heterocycles. The number of thiol groups is 1. The Kier molecular flexibility index (Phi) is 4.77. The molecule has 0 unspecified atom stereocenters. The second-order valence-electron chi connectivity index (χ2n) is 5.45. The molecule has 3 rings (SSSR count). The summed E-state index contributed by atoms with van der Waals surface area (Å²) < 4.78 is 59.8. The van der Waals surface area contributed by atoms with Gasteiger partial charge in [0.1, 0.15) is 11.1 Å². The zero-order valence-corrected chi connectivity index (χ0v) is 14.7. The second kappa shape index (κ2) is 6.54. The molecule has 0 saturated heterocycles. The summed E-state index contributed by atoms with van der Waals surface area (Å²) >= 11 is 9.95. The zero-order valence-electron chi connectivity index (χ0n) is 12.2. The summed E-state index contributed by atoms with van der Waals surface area (Å²) in [6.07, 6.45) is 0. The average Bonchev–Trinajstić information content (AvgIpc) is 2.57. The highest BCUT2D eigenvalue weighted by atomic mass is 35.5. The van der Waals surface area contributed by atoms with E-state index >= 15 is 0 Å². The molecule has 0 fully saturated rings. The third-order valence-electron chi connectivity index (χ3n) is 3.96. The van der Waals surface area contributed by atoms with E-state index < -0.39 is 32.6 Å². The summed E-state index contributed by atoms with van der Waals surface area (Å²) in [4.78, 5) is -0.0137. The Balaban J connectivity index is 2.22. The van der Waals surface area contributed by atoms with Crippen molar-refractivity contribution in [1.82, 2.24) is 0 Å². The van der Waals surface area contributed by atoms with E-state index in [9.17, 15) is 17.2 Å². The first-order valence-electron chi connectivity index (χ1n) is 7.07. The maximum atomic E-state index is 14.4. The molecule has 1 heterocycles. The lowest BCUT2D eigenvalue weighted by Crippen LogP contribution is -2.33. The Morgan fingerprint density at radius 1 is 1.12 bits per heavy atom. The molecular formula is C16H13ClF2O3S2. The van der Waals surface area contributed by atoms with Gasteiger partial charge in [0.2, 0.25) is 0 Å². The van der Waals surface area contributed by atoms with E-state index in [1.807, 2.05) is 0 Å². The third kappa shape index (κ3) is 2.89. The van der Waals surface area contributed by atoms with Gasteiger partial charge in [-0.05, 0) is 42.2 Å². The molecular weight excluding hydrogens is 378 g/mol. The molecule has 0 spiro atoms. The van der Waals surface area contributed by atoms with Crippen LogP contribution >= 0.6 is 24.2 Å². The number of hydrogen-bond acceptors (Lipinski definition) is 4. The van der Waals surface area contributed by atoms with Gasteiger partial charge in [-0.1, -0.05) is 11.6 Å². The van der Waals surface area contributed by atoms with Gasteiger partial charge >= 0.3 is 0 Å². The van der Waals surface area contributed by atoms with Crippen molar-refractivity contribution in [3.8, 4) is 5.75 Å². The van der Waals surface area contributed by atoms with Crippen LogP contribution < -0.4 is 4.74 Å². The number of hydrogen-bond donors (Lipinski definition) is 1. The van der Waals surface area contributed by atoms with Crippen molar-refractivity contribution in [2.75, 3.05) is 12.4 Å². The molecule has 0 radical (unpaired) electrons. The minimum atomic E-state index is -3.99. The van der Waals surface area contributed by atoms with Gasteiger partial charge < -0.3 is 4.74 Å². The van der Waals surface area contributed by atoms with Crippen LogP contribution in [0.25, 0.3) is 0 Å². The standard InChI is InChI=1S/C16H13ClF2O3S2/c17-10-1-3-11(4-2-10)24(20,21)16-9(8-23)7-22-15-13(19)6-5-12(18)14(15)16/h1-6,9,16,23H,7-8H2/t9-,16-/m1/s1. The largest absolute Gasteiger partial charge is 0.490 e. The summed E-state index contributed by atoms with van der Waals surface area (Å²) in [7, 11) is -3.99. The molecule has 2 atom stereocenters. The maximum Gasteiger partial charge on any atom is 0.186 e. The van der Waals surface area contributed by atoms with E-state index in [2.05, 4.69) is 12.6 Å². The summed E-state index contributed by atoms with van der Waals surface area (Å²) in [5, 5.41) is -0.903. The van der Waals surface area contributed by atoms with Crippen molar-refractivity contribution < 1.29 is 21.9 Å². The summed E-state index contributed by atoms with van der Waals surface area (Å²) in [5.74, 6) is -2.43. The van der Waals surface area contributed by atoms with Crippen LogP contribution in [0, 0.1) is 17.6 Å². The van der Waals surface area contributed by atoms with Crippen molar-refractivity contribution in [1.29, 1.82) is 0 Å². The lowest BCUT2D eigenvalue weighted by molar-refractivity contribution is 0.216. The molecule has 24 heavy (non-hydrogen) atoms. The zero-order chi connectivity index (χ0) is 17.5. The van der Waals surface area contributed by atoms with Crippen LogP contribution in [0.3, 0.4) is 0 Å². The van der Waals surface area contributed by atoms with Crippen LogP contribution in [0.5, 0.6) is 5.75 Å². The van der Waals surface area contributed by atoms with Gasteiger partial charge in [0.25, 0.3) is 0 Å². The predicted octanol–water partition coefficient (Wildman–Crippen LogP) is 4.07. The van der Waals surface area contributed by atoms with Crippen LogP contribution in [-0.2, 0) is 9.84 Å². The highest BCUT2D eigenvalue weighted by Crippen LogP contribution is 2.45. The fourth-order valence-electron chi connectivity index (χ4n) is 2.80. The number of benzene rings is 2. The van der Waals surface area contributed by atoms with E-state index in [1.165, 1.54) is 24.3 Å². The molecule has 1 aliphatic heterocycles. The van der Waals surface area contributed by atoms with Crippen molar-refractivity contribution in [3.63, 3.8) is 0 Å². The van der Waals surface area contributed by atoms with Crippen LogP contribution in [0.2, 0.25) is 5.02 Å². The highest BCUT2D eigenvalue weighted by Gasteiger charge is 2.43. The fraction of sp³-hybridized carbons (Fsp3) is 0.250. The van der Waals surface area contributed by atoms with Gasteiger partial charge in [-0.3, -0.25) is 0 Å². The maximum absolute atomic E-state index is 14.4. The topological polar surface area (TPSA) is 43.4 Å². The number of halogens is 3. The van der Waals surface area contributed by atoms with Crippen molar-refractivity contribution in [2.45, 2.75) is 10.1 Å². The van der Waals surface area contributed by atoms with Gasteiger partial charge in [-0.15, -0.1) is 0 Å². The molecule has 0 aliphatic carbocycles. The normalized spacial score (nSPS) is 20.3. The Morgan fingerprint density at radius 3 is 2.38 bits per heavy atom. The van der Waals surface area contributed by atoms with Crippen LogP contribution in [0.1, 0.15) is 10.8 Å². The minimum Gasteiger partial charge on any atom is -0.490 e. The smallest absolute Gasteiger partial charge is 0.186 e. The van der Waals surface area contributed by atoms with Crippen LogP contribution in [0.15, 0.2) is 41.3 Å². The minimum absolute atomic E-state index is 0.0137. The number of ether oxygens (including phenoxy) is 1. The van der Waals surface area contributed by atoms with E-state index in [0.29, 0.717) is 5.02 Å². The number of rotatable bonds is 3. The van der Waals surface area contributed by atoms with Gasteiger partial charge in [0.05, 0.1) is 17.1 Å². The Hall–Kier alpha value is -1.31. The average molecular weight is 391 g/mol. The van der Waals surface area contributed by atoms with Crippen molar-refractivity contribution in [2.24, 2.45) is 5.92 Å². The SMILES string of the molecule is O=S(=O)(c1ccc(Cl)cc1)[C@H]1c2c(F)ccc(F)c2OC[C@@H]1CS. The molecule has 3 nitrogen and oxygen atoms in total. The molecule has 8 heteroatoms. The summed E-state index contributed by atoms with van der Waals surface area (Å²) in [6, 6.07) is 7.39. The van der Waals surface area contributed by atoms with Crippen LogP contribution in [0.4, 0.5) is 8.78 Å². The predicted molar refractivity (Wildman–Crippen MR) is 90.6 cm³/mol. The monoisotopic (exact) mass is 390 g/mol.